The van der Waals surface area contributed by atoms with Gasteiger partial charge in [0.05, 0.1) is 13.2 Å². The third kappa shape index (κ3) is 6.43. The van der Waals surface area contributed by atoms with E-state index in [1.165, 1.54) is 0 Å². The lowest BCUT2D eigenvalue weighted by Crippen LogP contribution is -2.42. The van der Waals surface area contributed by atoms with E-state index in [0.29, 0.717) is 26.1 Å². The second-order valence-electron chi connectivity index (χ2n) is 3.45. The minimum atomic E-state index is 0.0363. The first kappa shape index (κ1) is 14.3. The van der Waals surface area contributed by atoms with Gasteiger partial charge in [-0.1, -0.05) is 0 Å². The van der Waals surface area contributed by atoms with Gasteiger partial charge < -0.3 is 20.1 Å². The fraction of sp³-hybridized carbons (Fsp3) is 0.900. The molecule has 0 aromatic rings. The van der Waals surface area contributed by atoms with Crippen LogP contribution >= 0.6 is 0 Å². The predicted molar refractivity (Wildman–Crippen MR) is 58.7 cm³/mol. The SMILES string of the molecule is CCN(C)C(=O)CNC(CCO)COC. The van der Waals surface area contributed by atoms with Crippen LogP contribution in [0.5, 0.6) is 0 Å². The number of carbonyl (C=O) groups excluding carboxylic acids is 1. The van der Waals surface area contributed by atoms with E-state index >= 15 is 0 Å². The van der Waals surface area contributed by atoms with Crippen molar-refractivity contribution in [3.05, 3.63) is 0 Å². The highest BCUT2D eigenvalue weighted by Crippen LogP contribution is 1.92. The second kappa shape index (κ2) is 8.64. The number of nitrogens with zero attached hydrogens (tertiary/aromatic N) is 1. The van der Waals surface area contributed by atoms with Gasteiger partial charge in [0.25, 0.3) is 0 Å². The van der Waals surface area contributed by atoms with Gasteiger partial charge in [0, 0.05) is 33.4 Å². The first-order chi connectivity index (χ1) is 7.15. The molecule has 0 fully saturated rings. The highest BCUT2D eigenvalue weighted by atomic mass is 16.5. The molecule has 0 spiro atoms. The van der Waals surface area contributed by atoms with E-state index in [-0.39, 0.29) is 18.6 Å². The van der Waals surface area contributed by atoms with E-state index in [9.17, 15) is 4.79 Å². The first-order valence-electron chi connectivity index (χ1n) is 5.22. The van der Waals surface area contributed by atoms with Crippen LogP contribution in [0.1, 0.15) is 13.3 Å². The average molecular weight is 218 g/mol. The van der Waals surface area contributed by atoms with E-state index in [1.54, 1.807) is 19.1 Å². The van der Waals surface area contributed by atoms with Crippen LogP contribution in [-0.2, 0) is 9.53 Å². The summed E-state index contributed by atoms with van der Waals surface area (Å²) < 4.78 is 4.98. The third-order valence-corrected chi connectivity index (χ3v) is 2.29. The fourth-order valence-electron chi connectivity index (χ4n) is 1.14. The monoisotopic (exact) mass is 218 g/mol. The fourth-order valence-corrected chi connectivity index (χ4v) is 1.14. The first-order valence-corrected chi connectivity index (χ1v) is 5.22. The van der Waals surface area contributed by atoms with E-state index < -0.39 is 0 Å². The number of hydrogen-bond donors (Lipinski definition) is 2. The highest BCUT2D eigenvalue weighted by molar-refractivity contribution is 5.77. The number of ether oxygens (including phenoxy) is 1. The van der Waals surface area contributed by atoms with Crippen LogP contribution in [0.25, 0.3) is 0 Å². The van der Waals surface area contributed by atoms with Crippen LogP contribution in [0.4, 0.5) is 0 Å². The molecule has 1 unspecified atom stereocenters. The van der Waals surface area contributed by atoms with E-state index in [1.807, 2.05) is 6.92 Å². The minimum absolute atomic E-state index is 0.0363. The summed E-state index contributed by atoms with van der Waals surface area (Å²) in [6.07, 6.45) is 0.594. The molecule has 90 valence electrons. The van der Waals surface area contributed by atoms with Crippen LogP contribution in [0.2, 0.25) is 0 Å². The number of hydrogen-bond acceptors (Lipinski definition) is 4. The molecule has 1 amide bonds. The van der Waals surface area contributed by atoms with Crippen LogP contribution in [-0.4, -0.2) is 62.4 Å². The lowest BCUT2D eigenvalue weighted by atomic mass is 10.2. The summed E-state index contributed by atoms with van der Waals surface area (Å²) >= 11 is 0. The molecule has 5 nitrogen and oxygen atoms in total. The summed E-state index contributed by atoms with van der Waals surface area (Å²) in [5.41, 5.74) is 0. The van der Waals surface area contributed by atoms with Gasteiger partial charge in [-0.25, -0.2) is 0 Å². The van der Waals surface area contributed by atoms with Gasteiger partial charge in [-0.2, -0.15) is 0 Å². The average Bonchev–Trinajstić information content (AvgIpc) is 2.25. The van der Waals surface area contributed by atoms with E-state index in [4.69, 9.17) is 9.84 Å². The molecule has 0 saturated carbocycles. The molecule has 5 heteroatoms. The molecule has 0 radical (unpaired) electrons. The molecule has 0 rings (SSSR count). The van der Waals surface area contributed by atoms with Crippen molar-refractivity contribution in [3.8, 4) is 0 Å². The van der Waals surface area contributed by atoms with Crippen molar-refractivity contribution in [2.75, 3.05) is 40.5 Å². The number of carbonyl (C=O) groups is 1. The maximum Gasteiger partial charge on any atom is 0.236 e. The zero-order valence-electron chi connectivity index (χ0n) is 9.82. The Labute approximate surface area is 91.4 Å². The summed E-state index contributed by atoms with van der Waals surface area (Å²) in [4.78, 5) is 13.1. The minimum Gasteiger partial charge on any atom is -0.396 e. The van der Waals surface area contributed by atoms with Crippen LogP contribution in [0.15, 0.2) is 0 Å². The Kier molecular flexibility index (Phi) is 8.27. The Bertz CT molecular complexity index is 170. The number of rotatable bonds is 8. The number of likely N-dealkylation sites (N-methyl/N-ethyl adjacent to an activating group) is 1. The largest absolute Gasteiger partial charge is 0.396 e. The Morgan fingerprint density at radius 3 is 2.73 bits per heavy atom. The summed E-state index contributed by atoms with van der Waals surface area (Å²) in [7, 11) is 3.37. The standard InChI is InChI=1S/C10H22N2O3/c1-4-12(2)10(14)7-11-9(5-6-13)8-15-3/h9,11,13H,4-8H2,1-3H3. The molecular formula is C10H22N2O3. The Morgan fingerprint density at radius 2 is 2.27 bits per heavy atom. The zero-order valence-corrected chi connectivity index (χ0v) is 9.82. The van der Waals surface area contributed by atoms with Crippen molar-refractivity contribution in [2.45, 2.75) is 19.4 Å². The molecule has 0 saturated heterocycles. The summed E-state index contributed by atoms with van der Waals surface area (Å²) in [6.45, 7) is 3.52. The van der Waals surface area contributed by atoms with E-state index in [2.05, 4.69) is 5.32 Å². The number of aliphatic hydroxyl groups excluding tert-OH is 1. The Balaban J connectivity index is 3.82. The molecule has 0 aromatic carbocycles. The quantitative estimate of drug-likeness (QED) is 0.574. The van der Waals surface area contributed by atoms with Crippen molar-refractivity contribution < 1.29 is 14.6 Å². The lowest BCUT2D eigenvalue weighted by Gasteiger charge is -2.19. The summed E-state index contributed by atoms with van der Waals surface area (Å²) in [6, 6.07) is 0.0363. The molecule has 0 aliphatic carbocycles. The lowest BCUT2D eigenvalue weighted by molar-refractivity contribution is -0.128. The van der Waals surface area contributed by atoms with Crippen LogP contribution < -0.4 is 5.32 Å². The number of amides is 1. The van der Waals surface area contributed by atoms with Crippen LogP contribution in [0, 0.1) is 0 Å². The predicted octanol–water partition coefficient (Wildman–Crippen LogP) is -0.548. The molecule has 0 aliphatic heterocycles. The molecular weight excluding hydrogens is 196 g/mol. The van der Waals surface area contributed by atoms with Gasteiger partial charge in [0.15, 0.2) is 0 Å². The van der Waals surface area contributed by atoms with E-state index in [0.717, 1.165) is 0 Å². The van der Waals surface area contributed by atoms with Gasteiger partial charge in [0.2, 0.25) is 5.91 Å². The summed E-state index contributed by atoms with van der Waals surface area (Å²) in [5.74, 6) is 0.0524. The second-order valence-corrected chi connectivity index (χ2v) is 3.45. The molecule has 15 heavy (non-hydrogen) atoms. The summed E-state index contributed by atoms with van der Waals surface area (Å²) in [5, 5.41) is 11.9. The van der Waals surface area contributed by atoms with Crippen molar-refractivity contribution in [1.29, 1.82) is 0 Å². The maximum atomic E-state index is 11.4. The van der Waals surface area contributed by atoms with Crippen molar-refractivity contribution in [1.82, 2.24) is 10.2 Å². The Hall–Kier alpha value is -0.650. The Morgan fingerprint density at radius 1 is 1.60 bits per heavy atom. The highest BCUT2D eigenvalue weighted by Gasteiger charge is 2.11. The molecule has 0 aromatic heterocycles. The molecule has 0 heterocycles. The maximum absolute atomic E-state index is 11.4. The van der Waals surface area contributed by atoms with Gasteiger partial charge in [0.1, 0.15) is 0 Å². The van der Waals surface area contributed by atoms with Gasteiger partial charge in [-0.15, -0.1) is 0 Å². The topological polar surface area (TPSA) is 61.8 Å². The number of methoxy groups -OCH3 is 1. The third-order valence-electron chi connectivity index (χ3n) is 2.29. The molecule has 0 aliphatic rings. The normalized spacial score (nSPS) is 12.5. The smallest absolute Gasteiger partial charge is 0.236 e. The number of aliphatic hydroxyl groups is 1. The molecule has 0 bridgehead atoms. The van der Waals surface area contributed by atoms with Gasteiger partial charge in [-0.05, 0) is 13.3 Å². The van der Waals surface area contributed by atoms with Gasteiger partial charge in [-0.3, -0.25) is 4.79 Å². The zero-order chi connectivity index (χ0) is 11.7. The molecule has 2 N–H and O–H groups in total. The molecule has 1 atom stereocenters. The number of nitrogens with one attached hydrogen (secondary N) is 1. The van der Waals surface area contributed by atoms with Crippen molar-refractivity contribution in [2.24, 2.45) is 0 Å². The van der Waals surface area contributed by atoms with Crippen molar-refractivity contribution >= 4 is 5.91 Å². The van der Waals surface area contributed by atoms with Crippen molar-refractivity contribution in [3.63, 3.8) is 0 Å². The van der Waals surface area contributed by atoms with Gasteiger partial charge >= 0.3 is 0 Å². The van der Waals surface area contributed by atoms with Crippen LogP contribution in [0.3, 0.4) is 0 Å².